The van der Waals surface area contributed by atoms with Crippen LogP contribution in [0.4, 0.5) is 10.5 Å². The molecule has 0 bridgehead atoms. The zero-order valence-corrected chi connectivity index (χ0v) is 16.0. The van der Waals surface area contributed by atoms with E-state index in [4.69, 9.17) is 22.1 Å². The summed E-state index contributed by atoms with van der Waals surface area (Å²) in [5, 5.41) is 2.11. The van der Waals surface area contributed by atoms with E-state index in [1.807, 2.05) is 5.32 Å². The summed E-state index contributed by atoms with van der Waals surface area (Å²) in [6.07, 6.45) is -0.392. The fourth-order valence-electron chi connectivity index (χ4n) is 2.01. The van der Waals surface area contributed by atoms with Gasteiger partial charge in [-0.15, -0.1) is 0 Å². The van der Waals surface area contributed by atoms with Gasteiger partial charge in [0.25, 0.3) is 5.91 Å². The molecule has 0 saturated heterocycles. The van der Waals surface area contributed by atoms with Crippen LogP contribution in [0.5, 0.6) is 0 Å². The second-order valence-corrected chi connectivity index (χ2v) is 8.10. The molecule has 3 N–H and O–H groups in total. The van der Waals surface area contributed by atoms with E-state index in [9.17, 15) is 22.8 Å². The Morgan fingerprint density at radius 1 is 1.31 bits per heavy atom. The van der Waals surface area contributed by atoms with Gasteiger partial charge in [0.2, 0.25) is 10.0 Å². The number of carbonyl (C=O) groups is 3. The third-order valence-corrected chi connectivity index (χ3v) is 4.51. The molecule has 0 aromatic heterocycles. The van der Waals surface area contributed by atoms with Gasteiger partial charge >= 0.3 is 12.0 Å². The van der Waals surface area contributed by atoms with Gasteiger partial charge in [0.15, 0.2) is 6.10 Å². The molecule has 1 aromatic carbocycles. The highest BCUT2D eigenvalue weighted by Gasteiger charge is 2.29. The Kier molecular flexibility index (Phi) is 7.40. The van der Waals surface area contributed by atoms with Crippen LogP contribution < -0.4 is 15.4 Å². The molecule has 0 saturated carbocycles. The van der Waals surface area contributed by atoms with Gasteiger partial charge in [0.1, 0.15) is 6.54 Å². The van der Waals surface area contributed by atoms with Crippen LogP contribution >= 0.6 is 11.6 Å². The molecule has 0 heterocycles. The highest BCUT2D eigenvalue weighted by Crippen LogP contribution is 2.22. The molecule has 0 spiro atoms. The van der Waals surface area contributed by atoms with E-state index < -0.39 is 46.5 Å². The number of imide groups is 1. The number of nitrogens with zero attached hydrogens (tertiary/aromatic N) is 1. The standard InChI is InChI=1S/C15H20ClN3O6S/c1-9(2)13(14(21)18-15(17)22)25-12(20)8-19(26(3,23)24)11-6-4-5-10(16)7-11/h4-7,9,13H,8H2,1-3H3,(H3,17,18,21,22)/t13-/m0/s1. The van der Waals surface area contributed by atoms with Crippen molar-refractivity contribution in [3.63, 3.8) is 0 Å². The maximum Gasteiger partial charge on any atom is 0.327 e. The molecule has 3 amide bonds. The van der Waals surface area contributed by atoms with E-state index in [1.54, 1.807) is 19.9 Å². The van der Waals surface area contributed by atoms with Gasteiger partial charge in [0, 0.05) is 5.02 Å². The highest BCUT2D eigenvalue weighted by atomic mass is 35.5. The maximum absolute atomic E-state index is 12.2. The number of hydrogen-bond donors (Lipinski definition) is 2. The quantitative estimate of drug-likeness (QED) is 0.646. The summed E-state index contributed by atoms with van der Waals surface area (Å²) in [7, 11) is -3.83. The molecule has 1 aromatic rings. The fraction of sp³-hybridized carbons (Fsp3) is 0.400. The summed E-state index contributed by atoms with van der Waals surface area (Å²) < 4.78 is 29.9. The van der Waals surface area contributed by atoms with E-state index in [-0.39, 0.29) is 10.7 Å². The first-order valence-electron chi connectivity index (χ1n) is 7.45. The number of rotatable bonds is 7. The van der Waals surface area contributed by atoms with Gasteiger partial charge in [-0.2, -0.15) is 0 Å². The first kappa shape index (κ1) is 21.7. The lowest BCUT2D eigenvalue weighted by atomic mass is 10.1. The average molecular weight is 406 g/mol. The number of primary amides is 1. The smallest absolute Gasteiger partial charge is 0.327 e. The van der Waals surface area contributed by atoms with Crippen molar-refractivity contribution in [2.45, 2.75) is 20.0 Å². The van der Waals surface area contributed by atoms with Crippen molar-refractivity contribution < 1.29 is 27.5 Å². The van der Waals surface area contributed by atoms with Crippen molar-refractivity contribution in [3.05, 3.63) is 29.3 Å². The SMILES string of the molecule is CC(C)[C@H](OC(=O)CN(c1cccc(Cl)c1)S(C)(=O)=O)C(=O)NC(N)=O. The Balaban J connectivity index is 2.99. The molecule has 1 atom stereocenters. The largest absolute Gasteiger partial charge is 0.451 e. The second kappa shape index (κ2) is 8.86. The van der Waals surface area contributed by atoms with Crippen molar-refractivity contribution in [3.8, 4) is 0 Å². The number of ether oxygens (including phenoxy) is 1. The monoisotopic (exact) mass is 405 g/mol. The fourth-order valence-corrected chi connectivity index (χ4v) is 3.03. The topological polar surface area (TPSA) is 136 Å². The van der Waals surface area contributed by atoms with E-state index in [0.717, 1.165) is 10.6 Å². The van der Waals surface area contributed by atoms with Gasteiger partial charge in [-0.1, -0.05) is 31.5 Å². The summed E-state index contributed by atoms with van der Waals surface area (Å²) >= 11 is 5.86. The van der Waals surface area contributed by atoms with Crippen LogP contribution in [0.2, 0.25) is 5.02 Å². The second-order valence-electron chi connectivity index (χ2n) is 5.76. The number of nitrogens with two attached hydrogens (primary N) is 1. The van der Waals surface area contributed by atoms with Crippen LogP contribution in [0.1, 0.15) is 13.8 Å². The molecule has 0 unspecified atom stereocenters. The lowest BCUT2D eigenvalue weighted by molar-refractivity contribution is -0.156. The van der Waals surface area contributed by atoms with Crippen LogP contribution in [-0.2, 0) is 24.3 Å². The van der Waals surface area contributed by atoms with Crippen molar-refractivity contribution in [2.24, 2.45) is 11.7 Å². The number of hydrogen-bond acceptors (Lipinski definition) is 6. The molecule has 144 valence electrons. The predicted octanol–water partition coefficient (Wildman–Crippen LogP) is 0.869. The van der Waals surface area contributed by atoms with E-state index >= 15 is 0 Å². The Hall–Kier alpha value is -2.33. The van der Waals surface area contributed by atoms with Gasteiger partial charge in [-0.05, 0) is 24.1 Å². The lowest BCUT2D eigenvalue weighted by Crippen LogP contribution is -2.47. The third-order valence-electron chi connectivity index (χ3n) is 3.14. The molecule has 1 rings (SSSR count). The van der Waals surface area contributed by atoms with Crippen LogP contribution in [0.3, 0.4) is 0 Å². The minimum absolute atomic E-state index is 0.166. The molecular formula is C15H20ClN3O6S. The van der Waals surface area contributed by atoms with Crippen molar-refractivity contribution in [1.82, 2.24) is 5.32 Å². The third kappa shape index (κ3) is 6.52. The predicted molar refractivity (Wildman–Crippen MR) is 96.1 cm³/mol. The van der Waals surface area contributed by atoms with Crippen LogP contribution in [0, 0.1) is 5.92 Å². The number of amides is 3. The lowest BCUT2D eigenvalue weighted by Gasteiger charge is -2.24. The van der Waals surface area contributed by atoms with Gasteiger partial charge in [-0.25, -0.2) is 13.2 Å². The number of halogens is 1. The van der Waals surface area contributed by atoms with Crippen LogP contribution in [0.25, 0.3) is 0 Å². The van der Waals surface area contributed by atoms with Gasteiger partial charge in [0.05, 0.1) is 11.9 Å². The van der Waals surface area contributed by atoms with E-state index in [1.165, 1.54) is 18.2 Å². The molecule has 0 aliphatic heterocycles. The van der Waals surface area contributed by atoms with Crippen LogP contribution in [0.15, 0.2) is 24.3 Å². The summed E-state index contributed by atoms with van der Waals surface area (Å²) in [5.41, 5.74) is 5.05. The Labute approximate surface area is 156 Å². The van der Waals surface area contributed by atoms with Crippen LogP contribution in [-0.4, -0.2) is 45.2 Å². The number of anilines is 1. The Bertz CT molecular complexity index is 796. The highest BCUT2D eigenvalue weighted by molar-refractivity contribution is 7.92. The minimum Gasteiger partial charge on any atom is -0.451 e. The Morgan fingerprint density at radius 3 is 2.38 bits per heavy atom. The zero-order chi connectivity index (χ0) is 20.1. The number of nitrogens with one attached hydrogen (secondary N) is 1. The van der Waals surface area contributed by atoms with Crippen molar-refractivity contribution in [2.75, 3.05) is 17.1 Å². The van der Waals surface area contributed by atoms with Gasteiger partial charge in [-0.3, -0.25) is 19.2 Å². The molecule has 0 aliphatic rings. The first-order chi connectivity index (χ1) is 11.9. The summed E-state index contributed by atoms with van der Waals surface area (Å²) in [4.78, 5) is 34.9. The minimum atomic E-state index is -3.83. The maximum atomic E-state index is 12.2. The Morgan fingerprint density at radius 2 is 1.92 bits per heavy atom. The molecule has 9 nitrogen and oxygen atoms in total. The number of esters is 1. The molecular weight excluding hydrogens is 386 g/mol. The average Bonchev–Trinajstić information content (AvgIpc) is 2.48. The zero-order valence-electron chi connectivity index (χ0n) is 14.4. The molecule has 0 aliphatic carbocycles. The summed E-state index contributed by atoms with van der Waals surface area (Å²) in [6, 6.07) is 4.81. The normalized spacial score (nSPS) is 12.3. The molecule has 11 heteroatoms. The first-order valence-corrected chi connectivity index (χ1v) is 9.67. The van der Waals surface area contributed by atoms with E-state index in [0.29, 0.717) is 0 Å². The summed E-state index contributed by atoms with van der Waals surface area (Å²) in [6.45, 7) is 2.50. The number of carbonyl (C=O) groups excluding carboxylic acids is 3. The van der Waals surface area contributed by atoms with Gasteiger partial charge < -0.3 is 10.5 Å². The number of benzene rings is 1. The van der Waals surface area contributed by atoms with E-state index in [2.05, 4.69) is 0 Å². The molecule has 26 heavy (non-hydrogen) atoms. The summed E-state index contributed by atoms with van der Waals surface area (Å²) in [5.74, 6) is -2.35. The van der Waals surface area contributed by atoms with Crippen molar-refractivity contribution >= 4 is 45.2 Å². The number of sulfonamides is 1. The molecule has 0 fully saturated rings. The number of urea groups is 1. The van der Waals surface area contributed by atoms with Crippen molar-refractivity contribution in [1.29, 1.82) is 0 Å². The molecule has 0 radical (unpaired) electrons.